The molecule has 1 aromatic carbocycles. The highest BCUT2D eigenvalue weighted by atomic mass is 16.3. The number of aromatic nitrogens is 3. The number of nitrogens with zero attached hydrogens (tertiary/aromatic N) is 1. The molecule has 0 saturated heterocycles. The number of nitrogens with one attached hydrogen (secondary N) is 2. The summed E-state index contributed by atoms with van der Waals surface area (Å²) in [6.45, 7) is 0. The molecule has 0 bridgehead atoms. The highest BCUT2D eigenvalue weighted by molar-refractivity contribution is 5.78. The van der Waals surface area contributed by atoms with E-state index in [1.54, 1.807) is 6.20 Å². The standard InChI is InChI=1S/C10H7N3O2/c14-10-11-4-8(13-10)6-1-2-7-9(3-6)15-5-12-7/h1-5H,(H2,11,13,14). The van der Waals surface area contributed by atoms with Crippen molar-refractivity contribution in [3.05, 3.63) is 41.3 Å². The lowest BCUT2D eigenvalue weighted by atomic mass is 10.1. The van der Waals surface area contributed by atoms with E-state index in [4.69, 9.17) is 4.42 Å². The van der Waals surface area contributed by atoms with Crippen LogP contribution in [-0.4, -0.2) is 15.0 Å². The third kappa shape index (κ3) is 1.25. The summed E-state index contributed by atoms with van der Waals surface area (Å²) >= 11 is 0. The van der Waals surface area contributed by atoms with Crippen LogP contribution in [0.4, 0.5) is 0 Å². The third-order valence-electron chi connectivity index (χ3n) is 2.24. The molecule has 3 rings (SSSR count). The first kappa shape index (κ1) is 8.05. The minimum Gasteiger partial charge on any atom is -0.443 e. The Balaban J connectivity index is 2.22. The van der Waals surface area contributed by atoms with E-state index in [0.717, 1.165) is 16.8 Å². The van der Waals surface area contributed by atoms with Crippen molar-refractivity contribution in [2.75, 3.05) is 0 Å². The Morgan fingerprint density at radius 2 is 2.27 bits per heavy atom. The number of rotatable bonds is 1. The molecule has 2 aromatic heterocycles. The Kier molecular flexibility index (Phi) is 1.53. The predicted octanol–water partition coefficient (Wildman–Crippen LogP) is 1.51. The normalized spacial score (nSPS) is 10.9. The van der Waals surface area contributed by atoms with Gasteiger partial charge in [0, 0.05) is 11.8 Å². The summed E-state index contributed by atoms with van der Waals surface area (Å²) in [5.74, 6) is 0. The number of fused-ring (bicyclic) bond motifs is 1. The SMILES string of the molecule is O=c1[nH]cc(-c2ccc3ncoc3c2)[nH]1. The van der Waals surface area contributed by atoms with Crippen LogP contribution in [0.15, 0.2) is 40.0 Å². The second-order valence-corrected chi connectivity index (χ2v) is 3.19. The van der Waals surface area contributed by atoms with Gasteiger partial charge in [-0.25, -0.2) is 9.78 Å². The molecule has 0 atom stereocenters. The Morgan fingerprint density at radius 1 is 1.33 bits per heavy atom. The van der Waals surface area contributed by atoms with Gasteiger partial charge in [-0.1, -0.05) is 6.07 Å². The van der Waals surface area contributed by atoms with E-state index in [0.29, 0.717) is 5.58 Å². The van der Waals surface area contributed by atoms with Gasteiger partial charge in [0.1, 0.15) is 5.52 Å². The van der Waals surface area contributed by atoms with Gasteiger partial charge in [0.25, 0.3) is 0 Å². The number of aromatic amines is 2. The maximum atomic E-state index is 10.9. The third-order valence-corrected chi connectivity index (χ3v) is 2.24. The number of H-pyrrole nitrogens is 2. The van der Waals surface area contributed by atoms with E-state index in [-0.39, 0.29) is 5.69 Å². The molecular formula is C10H7N3O2. The van der Waals surface area contributed by atoms with E-state index in [1.165, 1.54) is 6.39 Å². The first-order valence-electron chi connectivity index (χ1n) is 4.44. The minimum atomic E-state index is -0.220. The molecule has 0 aliphatic rings. The van der Waals surface area contributed by atoms with Crippen LogP contribution in [0.2, 0.25) is 0 Å². The van der Waals surface area contributed by atoms with E-state index >= 15 is 0 Å². The zero-order chi connectivity index (χ0) is 10.3. The van der Waals surface area contributed by atoms with Gasteiger partial charge in [-0.2, -0.15) is 0 Å². The van der Waals surface area contributed by atoms with Crippen molar-refractivity contribution in [1.29, 1.82) is 0 Å². The van der Waals surface area contributed by atoms with Crippen LogP contribution in [0, 0.1) is 0 Å². The van der Waals surface area contributed by atoms with Gasteiger partial charge in [0.15, 0.2) is 12.0 Å². The highest BCUT2D eigenvalue weighted by Gasteiger charge is 2.03. The van der Waals surface area contributed by atoms with Crippen molar-refractivity contribution in [2.24, 2.45) is 0 Å². The Morgan fingerprint density at radius 3 is 3.07 bits per heavy atom. The second kappa shape index (κ2) is 2.84. The fourth-order valence-corrected chi connectivity index (χ4v) is 1.51. The molecule has 3 aromatic rings. The molecule has 0 radical (unpaired) electrons. The van der Waals surface area contributed by atoms with Gasteiger partial charge in [0.2, 0.25) is 0 Å². The zero-order valence-electron chi connectivity index (χ0n) is 7.65. The van der Waals surface area contributed by atoms with E-state index < -0.39 is 0 Å². The molecule has 2 heterocycles. The Hall–Kier alpha value is -2.30. The van der Waals surface area contributed by atoms with E-state index in [9.17, 15) is 4.79 Å². The monoisotopic (exact) mass is 201 g/mol. The fourth-order valence-electron chi connectivity index (χ4n) is 1.51. The quantitative estimate of drug-likeness (QED) is 0.626. The lowest BCUT2D eigenvalue weighted by Crippen LogP contribution is -1.99. The molecule has 0 saturated carbocycles. The van der Waals surface area contributed by atoms with Gasteiger partial charge in [-0.3, -0.25) is 0 Å². The second-order valence-electron chi connectivity index (χ2n) is 3.19. The van der Waals surface area contributed by atoms with Crippen LogP contribution in [0.25, 0.3) is 22.4 Å². The number of imidazole rings is 1. The van der Waals surface area contributed by atoms with Gasteiger partial charge in [0.05, 0.1) is 5.69 Å². The average molecular weight is 201 g/mol. The van der Waals surface area contributed by atoms with Crippen LogP contribution in [0.3, 0.4) is 0 Å². The maximum Gasteiger partial charge on any atom is 0.323 e. The molecular weight excluding hydrogens is 194 g/mol. The molecule has 74 valence electrons. The number of hydrogen-bond acceptors (Lipinski definition) is 3. The van der Waals surface area contributed by atoms with Crippen molar-refractivity contribution in [2.45, 2.75) is 0 Å². The van der Waals surface area contributed by atoms with Crippen LogP contribution >= 0.6 is 0 Å². The molecule has 2 N–H and O–H groups in total. The van der Waals surface area contributed by atoms with Crippen LogP contribution in [-0.2, 0) is 0 Å². The molecule has 5 heteroatoms. The van der Waals surface area contributed by atoms with Gasteiger partial charge < -0.3 is 14.4 Å². The molecule has 0 amide bonds. The minimum absolute atomic E-state index is 0.220. The highest BCUT2D eigenvalue weighted by Crippen LogP contribution is 2.20. The van der Waals surface area contributed by atoms with E-state index in [1.807, 2.05) is 18.2 Å². The summed E-state index contributed by atoms with van der Waals surface area (Å²) < 4.78 is 5.17. The van der Waals surface area contributed by atoms with Gasteiger partial charge in [-0.15, -0.1) is 0 Å². The predicted molar refractivity (Wildman–Crippen MR) is 54.4 cm³/mol. The summed E-state index contributed by atoms with van der Waals surface area (Å²) in [6.07, 6.45) is 3.02. The molecule has 0 aliphatic carbocycles. The topological polar surface area (TPSA) is 74.7 Å². The maximum absolute atomic E-state index is 10.9. The summed E-state index contributed by atoms with van der Waals surface area (Å²) in [4.78, 5) is 20.2. The summed E-state index contributed by atoms with van der Waals surface area (Å²) in [5.41, 5.74) is 2.91. The van der Waals surface area contributed by atoms with Crippen molar-refractivity contribution in [3.63, 3.8) is 0 Å². The van der Waals surface area contributed by atoms with E-state index in [2.05, 4.69) is 15.0 Å². The number of benzene rings is 1. The Bertz CT molecular complexity index is 662. The molecule has 0 spiro atoms. The van der Waals surface area contributed by atoms with Crippen molar-refractivity contribution in [1.82, 2.24) is 15.0 Å². The van der Waals surface area contributed by atoms with Gasteiger partial charge in [-0.05, 0) is 12.1 Å². The first-order valence-corrected chi connectivity index (χ1v) is 4.44. The molecule has 0 fully saturated rings. The lowest BCUT2D eigenvalue weighted by molar-refractivity contribution is 0.602. The smallest absolute Gasteiger partial charge is 0.323 e. The van der Waals surface area contributed by atoms with Crippen LogP contribution < -0.4 is 5.69 Å². The van der Waals surface area contributed by atoms with Crippen LogP contribution in [0.5, 0.6) is 0 Å². The number of hydrogen-bond donors (Lipinski definition) is 2. The largest absolute Gasteiger partial charge is 0.443 e. The van der Waals surface area contributed by atoms with Crippen molar-refractivity contribution in [3.8, 4) is 11.3 Å². The van der Waals surface area contributed by atoms with Crippen LogP contribution in [0.1, 0.15) is 0 Å². The summed E-state index contributed by atoms with van der Waals surface area (Å²) in [6, 6.07) is 5.56. The lowest BCUT2D eigenvalue weighted by Gasteiger charge is -1.95. The van der Waals surface area contributed by atoms with Crippen molar-refractivity contribution >= 4 is 11.1 Å². The Labute approximate surface area is 83.8 Å². The molecule has 15 heavy (non-hydrogen) atoms. The zero-order valence-corrected chi connectivity index (χ0v) is 7.65. The first-order chi connectivity index (χ1) is 7.33. The molecule has 0 unspecified atom stereocenters. The molecule has 5 nitrogen and oxygen atoms in total. The van der Waals surface area contributed by atoms with Gasteiger partial charge >= 0.3 is 5.69 Å². The van der Waals surface area contributed by atoms with Crippen molar-refractivity contribution < 1.29 is 4.42 Å². The average Bonchev–Trinajstić information content (AvgIpc) is 2.84. The summed E-state index contributed by atoms with van der Waals surface area (Å²) in [5, 5.41) is 0. The molecule has 0 aliphatic heterocycles. The summed E-state index contributed by atoms with van der Waals surface area (Å²) in [7, 11) is 0. The number of oxazole rings is 1. The fraction of sp³-hybridized carbons (Fsp3) is 0.